The lowest BCUT2D eigenvalue weighted by atomic mass is 9.65. The molecule has 2 aromatic heterocycles. The average Bonchev–Trinajstić information content (AvgIpc) is 3.54. The molecule has 6 atom stereocenters. The highest BCUT2D eigenvalue weighted by atomic mass is 19.4. The zero-order chi connectivity index (χ0) is 27.8. The summed E-state index contributed by atoms with van der Waals surface area (Å²) in [6.07, 6.45) is 8.32. The molecule has 6 unspecified atom stereocenters. The molecule has 0 amide bonds. The summed E-state index contributed by atoms with van der Waals surface area (Å²) in [6.45, 7) is 2.46. The van der Waals surface area contributed by atoms with Gasteiger partial charge in [0, 0.05) is 43.6 Å². The van der Waals surface area contributed by atoms with E-state index in [1.54, 1.807) is 10.8 Å². The largest absolute Gasteiger partial charge is 0.418 e. The second-order valence-electron chi connectivity index (χ2n) is 13.2. The first kappa shape index (κ1) is 26.8. The Balaban J connectivity index is 1.24. The SMILES string of the molecule is CN1CC2CCC(C1)N2c1cc(C(F)(F)F)c2cn(C3CCCC(C(C4CCC4)C4NNCN4C)C3)c(=O)n2c1. The van der Waals surface area contributed by atoms with Gasteiger partial charge in [0.15, 0.2) is 0 Å². The van der Waals surface area contributed by atoms with Crippen molar-refractivity contribution < 1.29 is 13.2 Å². The minimum absolute atomic E-state index is 0.0261. The van der Waals surface area contributed by atoms with E-state index in [0.29, 0.717) is 23.4 Å². The van der Waals surface area contributed by atoms with Gasteiger partial charge in [-0.05, 0) is 70.0 Å². The molecule has 2 saturated carbocycles. The molecule has 11 heteroatoms. The number of hydrogen-bond donors (Lipinski definition) is 2. The number of alkyl halides is 3. The fourth-order valence-corrected chi connectivity index (χ4v) is 8.76. The third-order valence-corrected chi connectivity index (χ3v) is 10.8. The van der Waals surface area contributed by atoms with Gasteiger partial charge in [-0.2, -0.15) is 13.2 Å². The molecule has 2 N–H and O–H groups in total. The van der Waals surface area contributed by atoms with Crippen LogP contribution in [0, 0.1) is 17.8 Å². The number of nitrogens with one attached hydrogen (secondary N) is 2. The normalized spacial score (nSPS) is 33.1. The Morgan fingerprint density at radius 1 is 0.925 bits per heavy atom. The van der Waals surface area contributed by atoms with E-state index in [1.807, 2.05) is 0 Å². The third kappa shape index (κ3) is 4.48. The molecule has 5 heterocycles. The Morgan fingerprint density at radius 2 is 1.62 bits per heavy atom. The van der Waals surface area contributed by atoms with Gasteiger partial charge in [-0.15, -0.1) is 0 Å². The lowest BCUT2D eigenvalue weighted by molar-refractivity contribution is -0.136. The van der Waals surface area contributed by atoms with Gasteiger partial charge in [-0.3, -0.25) is 13.9 Å². The minimum Gasteiger partial charge on any atom is -0.362 e. The van der Waals surface area contributed by atoms with Crippen molar-refractivity contribution in [2.75, 3.05) is 38.8 Å². The summed E-state index contributed by atoms with van der Waals surface area (Å²) in [7, 11) is 4.21. The van der Waals surface area contributed by atoms with E-state index in [0.717, 1.165) is 58.3 Å². The van der Waals surface area contributed by atoms with Gasteiger partial charge in [0.05, 0.1) is 29.6 Å². The number of aromatic nitrogens is 2. The minimum atomic E-state index is -4.54. The maximum Gasteiger partial charge on any atom is 0.418 e. The van der Waals surface area contributed by atoms with Crippen LogP contribution in [-0.4, -0.2) is 70.9 Å². The number of hydrogen-bond acceptors (Lipinski definition) is 6. The van der Waals surface area contributed by atoms with E-state index in [9.17, 15) is 18.0 Å². The number of halogens is 3. The molecule has 8 nitrogen and oxygen atoms in total. The monoisotopic (exact) mass is 561 g/mol. The standard InChI is InChI=1S/C29H42F3N7O/c1-35-13-21-9-10-22(14-35)39(21)23-12-24(29(30,31)32)25-16-37(28(40)38(25)15-23)20-8-4-7-19(11-20)26(18-5-3-6-18)27-34-33-17-36(27)2/h12,15-16,18-22,26-27,33-34H,3-11,13-14,17H2,1-2H3. The summed E-state index contributed by atoms with van der Waals surface area (Å²) in [5.41, 5.74) is 6.22. The van der Waals surface area contributed by atoms with E-state index in [1.165, 1.54) is 35.9 Å². The van der Waals surface area contributed by atoms with Gasteiger partial charge < -0.3 is 9.80 Å². The Kier molecular flexibility index (Phi) is 6.72. The number of piperazine rings is 1. The Labute approximate surface area is 233 Å². The Morgan fingerprint density at radius 3 is 2.25 bits per heavy atom. The predicted molar refractivity (Wildman–Crippen MR) is 148 cm³/mol. The Bertz CT molecular complexity index is 1290. The number of likely N-dealkylation sites (N-methyl/N-ethyl adjacent to an activating group) is 1. The third-order valence-electron chi connectivity index (χ3n) is 10.8. The molecular weight excluding hydrogens is 519 g/mol. The summed E-state index contributed by atoms with van der Waals surface area (Å²) in [4.78, 5) is 20.6. The molecule has 0 aromatic carbocycles. The van der Waals surface area contributed by atoms with Gasteiger partial charge >= 0.3 is 11.9 Å². The predicted octanol–water partition coefficient (Wildman–Crippen LogP) is 3.87. The Hall–Kier alpha value is -2.08. The molecule has 220 valence electrons. The fraction of sp³-hybridized carbons (Fsp3) is 0.759. The lowest BCUT2D eigenvalue weighted by Gasteiger charge is -2.46. The van der Waals surface area contributed by atoms with Crippen LogP contribution in [0.15, 0.2) is 23.3 Å². The van der Waals surface area contributed by atoms with Crippen molar-refractivity contribution in [2.45, 2.75) is 88.3 Å². The number of hydrazine groups is 1. The second kappa shape index (κ2) is 10.0. The van der Waals surface area contributed by atoms with Crippen LogP contribution in [-0.2, 0) is 6.18 Å². The number of pyridine rings is 1. The van der Waals surface area contributed by atoms with Crippen LogP contribution in [0.4, 0.5) is 18.9 Å². The molecule has 2 aromatic rings. The highest BCUT2D eigenvalue weighted by Crippen LogP contribution is 2.47. The molecule has 3 saturated heterocycles. The van der Waals surface area contributed by atoms with Crippen molar-refractivity contribution in [3.8, 4) is 0 Å². The smallest absolute Gasteiger partial charge is 0.362 e. The number of imidazole rings is 1. The van der Waals surface area contributed by atoms with Crippen LogP contribution >= 0.6 is 0 Å². The van der Waals surface area contributed by atoms with Crippen LogP contribution in [0.5, 0.6) is 0 Å². The van der Waals surface area contributed by atoms with Crippen molar-refractivity contribution in [1.82, 2.24) is 29.6 Å². The van der Waals surface area contributed by atoms with Crippen molar-refractivity contribution in [2.24, 2.45) is 17.8 Å². The molecule has 0 spiro atoms. The quantitative estimate of drug-likeness (QED) is 0.578. The summed E-state index contributed by atoms with van der Waals surface area (Å²) in [5.74, 6) is 1.55. The topological polar surface area (TPSA) is 60.2 Å². The van der Waals surface area contributed by atoms with Gasteiger partial charge in [-0.25, -0.2) is 15.6 Å². The number of likely N-dealkylation sites (tertiary alicyclic amines) is 1. The highest BCUT2D eigenvalue weighted by molar-refractivity contribution is 5.63. The number of fused-ring (bicyclic) bond motifs is 3. The van der Waals surface area contributed by atoms with Crippen LogP contribution in [0.3, 0.4) is 0 Å². The van der Waals surface area contributed by atoms with Crippen LogP contribution in [0.25, 0.3) is 5.52 Å². The summed E-state index contributed by atoms with van der Waals surface area (Å²) in [6, 6.07) is 1.57. The van der Waals surface area contributed by atoms with Crippen molar-refractivity contribution in [1.29, 1.82) is 0 Å². The number of anilines is 1. The van der Waals surface area contributed by atoms with Gasteiger partial charge in [0.1, 0.15) is 0 Å². The van der Waals surface area contributed by atoms with E-state index >= 15 is 0 Å². The first-order chi connectivity index (χ1) is 19.2. The first-order valence-corrected chi connectivity index (χ1v) is 15.2. The molecule has 3 aliphatic heterocycles. The number of nitrogens with zero attached hydrogens (tertiary/aromatic N) is 5. The fourth-order valence-electron chi connectivity index (χ4n) is 8.76. The second-order valence-corrected chi connectivity index (χ2v) is 13.2. The van der Waals surface area contributed by atoms with E-state index in [-0.39, 0.29) is 35.5 Å². The van der Waals surface area contributed by atoms with E-state index in [4.69, 9.17) is 0 Å². The molecule has 40 heavy (non-hydrogen) atoms. The molecule has 2 aliphatic carbocycles. The molecular formula is C29H42F3N7O. The summed E-state index contributed by atoms with van der Waals surface area (Å²) >= 11 is 0. The van der Waals surface area contributed by atoms with Crippen molar-refractivity contribution >= 4 is 11.2 Å². The van der Waals surface area contributed by atoms with Crippen molar-refractivity contribution in [3.05, 3.63) is 34.5 Å². The van der Waals surface area contributed by atoms with Gasteiger partial charge in [-0.1, -0.05) is 25.7 Å². The van der Waals surface area contributed by atoms with Gasteiger partial charge in [0.25, 0.3) is 0 Å². The molecule has 7 rings (SSSR count). The zero-order valence-corrected chi connectivity index (χ0v) is 23.5. The van der Waals surface area contributed by atoms with Crippen LogP contribution < -0.4 is 21.4 Å². The van der Waals surface area contributed by atoms with Crippen molar-refractivity contribution in [3.63, 3.8) is 0 Å². The molecule has 2 bridgehead atoms. The summed E-state index contributed by atoms with van der Waals surface area (Å²) < 4.78 is 46.3. The van der Waals surface area contributed by atoms with E-state index < -0.39 is 11.7 Å². The summed E-state index contributed by atoms with van der Waals surface area (Å²) in [5, 5.41) is 0. The highest BCUT2D eigenvalue weighted by Gasteiger charge is 2.44. The average molecular weight is 562 g/mol. The molecule has 5 aliphatic rings. The maximum atomic E-state index is 14.5. The number of rotatable bonds is 5. The first-order valence-electron chi connectivity index (χ1n) is 15.2. The zero-order valence-electron chi connectivity index (χ0n) is 23.5. The maximum absolute atomic E-state index is 14.5. The lowest BCUT2D eigenvalue weighted by Crippen LogP contribution is -2.52. The molecule has 0 radical (unpaired) electrons. The van der Waals surface area contributed by atoms with E-state index in [2.05, 4.69) is 39.6 Å². The molecule has 5 fully saturated rings. The van der Waals surface area contributed by atoms with Gasteiger partial charge in [0.2, 0.25) is 0 Å². The van der Waals surface area contributed by atoms with Crippen LogP contribution in [0.1, 0.15) is 69.4 Å². The van der Waals surface area contributed by atoms with Crippen LogP contribution in [0.2, 0.25) is 0 Å².